The summed E-state index contributed by atoms with van der Waals surface area (Å²) >= 11 is 0. The molecule has 0 aliphatic carbocycles. The second-order valence-electron chi connectivity index (χ2n) is 4.90. The third kappa shape index (κ3) is 4.19. The minimum atomic E-state index is 0.331. The number of benzene rings is 1. The van der Waals surface area contributed by atoms with E-state index in [1.54, 1.807) is 7.11 Å². The summed E-state index contributed by atoms with van der Waals surface area (Å²) < 4.78 is 5.40. The molecule has 1 aromatic carbocycles. The summed E-state index contributed by atoms with van der Waals surface area (Å²) in [5.74, 6) is 0.956. The maximum atomic E-state index is 5.40. The standard InChI is InChI=1S/C16H25NO/c1-6-9-17-15(10-12(2)3)14-8-7-13(4)16(11-14)18-5/h7-8,11,15,17H,2,6,9-10H2,1,3-5H3. The molecule has 0 fully saturated rings. The molecule has 0 aliphatic rings. The molecule has 0 aromatic heterocycles. The Balaban J connectivity index is 2.92. The van der Waals surface area contributed by atoms with E-state index in [4.69, 9.17) is 4.74 Å². The number of hydrogen-bond donors (Lipinski definition) is 1. The van der Waals surface area contributed by atoms with Crippen molar-refractivity contribution in [1.29, 1.82) is 0 Å². The summed E-state index contributed by atoms with van der Waals surface area (Å²) in [6, 6.07) is 6.75. The highest BCUT2D eigenvalue weighted by atomic mass is 16.5. The van der Waals surface area contributed by atoms with Crippen LogP contribution in [0.3, 0.4) is 0 Å². The first-order valence-electron chi connectivity index (χ1n) is 6.60. The van der Waals surface area contributed by atoms with Crippen molar-refractivity contribution in [2.75, 3.05) is 13.7 Å². The Kier molecular flexibility index (Phi) is 5.93. The lowest BCUT2D eigenvalue weighted by Gasteiger charge is -2.20. The third-order valence-electron chi connectivity index (χ3n) is 3.03. The Labute approximate surface area is 111 Å². The number of rotatable bonds is 7. The van der Waals surface area contributed by atoms with Crippen molar-refractivity contribution in [3.05, 3.63) is 41.5 Å². The predicted molar refractivity (Wildman–Crippen MR) is 78.2 cm³/mol. The van der Waals surface area contributed by atoms with Crippen LogP contribution in [-0.2, 0) is 0 Å². The Bertz CT molecular complexity index is 398. The molecule has 1 atom stereocenters. The molecule has 0 saturated carbocycles. The van der Waals surface area contributed by atoms with Gasteiger partial charge in [-0.3, -0.25) is 0 Å². The van der Waals surface area contributed by atoms with Crippen LogP contribution in [0.2, 0.25) is 0 Å². The first-order valence-corrected chi connectivity index (χ1v) is 6.60. The molecule has 0 amide bonds. The van der Waals surface area contributed by atoms with Crippen LogP contribution in [0.5, 0.6) is 5.75 Å². The van der Waals surface area contributed by atoms with Crippen molar-refractivity contribution >= 4 is 0 Å². The van der Waals surface area contributed by atoms with Crippen LogP contribution in [0.15, 0.2) is 30.4 Å². The highest BCUT2D eigenvalue weighted by Crippen LogP contribution is 2.26. The Morgan fingerprint density at radius 1 is 1.44 bits per heavy atom. The van der Waals surface area contributed by atoms with Crippen LogP contribution < -0.4 is 10.1 Å². The molecule has 2 heteroatoms. The number of aryl methyl sites for hydroxylation is 1. The van der Waals surface area contributed by atoms with Gasteiger partial charge in [0.2, 0.25) is 0 Å². The van der Waals surface area contributed by atoms with Crippen LogP contribution in [0, 0.1) is 6.92 Å². The summed E-state index contributed by atoms with van der Waals surface area (Å²) in [6.45, 7) is 11.4. The fourth-order valence-electron chi connectivity index (χ4n) is 2.03. The van der Waals surface area contributed by atoms with Crippen LogP contribution in [-0.4, -0.2) is 13.7 Å². The lowest BCUT2D eigenvalue weighted by molar-refractivity contribution is 0.409. The zero-order valence-corrected chi connectivity index (χ0v) is 12.0. The Morgan fingerprint density at radius 3 is 2.72 bits per heavy atom. The summed E-state index contributed by atoms with van der Waals surface area (Å²) in [6.07, 6.45) is 2.10. The molecule has 1 rings (SSSR count). The Morgan fingerprint density at radius 2 is 2.17 bits per heavy atom. The molecule has 0 heterocycles. The van der Waals surface area contributed by atoms with Gasteiger partial charge in [0.1, 0.15) is 5.75 Å². The SMILES string of the molecule is C=C(C)CC(NCCC)c1ccc(C)c(OC)c1. The zero-order chi connectivity index (χ0) is 13.5. The highest BCUT2D eigenvalue weighted by Gasteiger charge is 2.12. The van der Waals surface area contributed by atoms with E-state index in [-0.39, 0.29) is 0 Å². The lowest BCUT2D eigenvalue weighted by Crippen LogP contribution is -2.22. The molecule has 100 valence electrons. The van der Waals surface area contributed by atoms with Gasteiger partial charge >= 0.3 is 0 Å². The number of ether oxygens (including phenoxy) is 1. The molecule has 0 aliphatic heterocycles. The molecular weight excluding hydrogens is 222 g/mol. The number of hydrogen-bond acceptors (Lipinski definition) is 2. The predicted octanol–water partition coefficient (Wildman–Crippen LogP) is 4.01. The molecular formula is C16H25NO. The van der Waals surface area contributed by atoms with E-state index >= 15 is 0 Å². The molecule has 0 saturated heterocycles. The fraction of sp³-hybridized carbons (Fsp3) is 0.500. The monoisotopic (exact) mass is 247 g/mol. The molecule has 1 unspecified atom stereocenters. The second-order valence-corrected chi connectivity index (χ2v) is 4.90. The quantitative estimate of drug-likeness (QED) is 0.735. The first kappa shape index (κ1) is 14.8. The van der Waals surface area contributed by atoms with Crippen LogP contribution in [0.25, 0.3) is 0 Å². The van der Waals surface area contributed by atoms with Gasteiger partial charge in [-0.05, 0) is 50.4 Å². The van der Waals surface area contributed by atoms with E-state index in [2.05, 4.69) is 50.9 Å². The van der Waals surface area contributed by atoms with Gasteiger partial charge in [0.25, 0.3) is 0 Å². The maximum Gasteiger partial charge on any atom is 0.122 e. The molecule has 0 spiro atoms. The molecule has 2 nitrogen and oxygen atoms in total. The van der Waals surface area contributed by atoms with Crippen LogP contribution in [0.1, 0.15) is 43.9 Å². The minimum Gasteiger partial charge on any atom is -0.496 e. The molecule has 1 N–H and O–H groups in total. The lowest BCUT2D eigenvalue weighted by atomic mass is 9.98. The molecule has 0 radical (unpaired) electrons. The second kappa shape index (κ2) is 7.22. The average molecular weight is 247 g/mol. The normalized spacial score (nSPS) is 12.2. The number of nitrogens with one attached hydrogen (secondary N) is 1. The van der Waals surface area contributed by atoms with Crippen LogP contribution in [0.4, 0.5) is 0 Å². The first-order chi connectivity index (χ1) is 8.58. The van der Waals surface area contributed by atoms with E-state index in [1.165, 1.54) is 16.7 Å². The van der Waals surface area contributed by atoms with Crippen molar-refractivity contribution in [2.24, 2.45) is 0 Å². The van der Waals surface area contributed by atoms with Crippen molar-refractivity contribution in [3.63, 3.8) is 0 Å². The van der Waals surface area contributed by atoms with Gasteiger partial charge in [-0.1, -0.05) is 24.6 Å². The van der Waals surface area contributed by atoms with E-state index < -0.39 is 0 Å². The largest absolute Gasteiger partial charge is 0.496 e. The molecule has 18 heavy (non-hydrogen) atoms. The van der Waals surface area contributed by atoms with E-state index in [0.717, 1.165) is 25.1 Å². The van der Waals surface area contributed by atoms with E-state index in [9.17, 15) is 0 Å². The smallest absolute Gasteiger partial charge is 0.122 e. The van der Waals surface area contributed by atoms with Crippen molar-refractivity contribution in [1.82, 2.24) is 5.32 Å². The summed E-state index contributed by atoms with van der Waals surface area (Å²) in [7, 11) is 1.72. The maximum absolute atomic E-state index is 5.40. The topological polar surface area (TPSA) is 21.3 Å². The third-order valence-corrected chi connectivity index (χ3v) is 3.03. The molecule has 1 aromatic rings. The van der Waals surface area contributed by atoms with Crippen molar-refractivity contribution in [3.8, 4) is 5.75 Å². The van der Waals surface area contributed by atoms with Gasteiger partial charge in [-0.2, -0.15) is 0 Å². The van der Waals surface area contributed by atoms with Gasteiger partial charge in [0, 0.05) is 6.04 Å². The summed E-state index contributed by atoms with van der Waals surface area (Å²) in [4.78, 5) is 0. The summed E-state index contributed by atoms with van der Waals surface area (Å²) in [5, 5.41) is 3.57. The Hall–Kier alpha value is -1.28. The molecule has 0 bridgehead atoms. The van der Waals surface area contributed by atoms with E-state index in [1.807, 2.05) is 0 Å². The highest BCUT2D eigenvalue weighted by molar-refractivity contribution is 5.38. The summed E-state index contributed by atoms with van der Waals surface area (Å²) in [5.41, 5.74) is 3.64. The van der Waals surface area contributed by atoms with Gasteiger partial charge in [-0.15, -0.1) is 6.58 Å². The number of methoxy groups -OCH3 is 1. The van der Waals surface area contributed by atoms with E-state index in [0.29, 0.717) is 6.04 Å². The fourth-order valence-corrected chi connectivity index (χ4v) is 2.03. The minimum absolute atomic E-state index is 0.331. The van der Waals surface area contributed by atoms with Gasteiger partial charge in [0.05, 0.1) is 7.11 Å². The van der Waals surface area contributed by atoms with Gasteiger partial charge in [-0.25, -0.2) is 0 Å². The average Bonchev–Trinajstić information content (AvgIpc) is 2.34. The van der Waals surface area contributed by atoms with Crippen molar-refractivity contribution < 1.29 is 4.74 Å². The van der Waals surface area contributed by atoms with Gasteiger partial charge in [0.15, 0.2) is 0 Å². The van der Waals surface area contributed by atoms with Crippen LogP contribution >= 0.6 is 0 Å². The van der Waals surface area contributed by atoms with Gasteiger partial charge < -0.3 is 10.1 Å². The zero-order valence-electron chi connectivity index (χ0n) is 12.0. The van der Waals surface area contributed by atoms with Crippen molar-refractivity contribution in [2.45, 2.75) is 39.7 Å².